The van der Waals surface area contributed by atoms with Crippen LogP contribution in [0.15, 0.2) is 33.8 Å². The molecule has 0 N–H and O–H groups in total. The van der Waals surface area contributed by atoms with Crippen LogP contribution in [0.5, 0.6) is 5.75 Å². The highest BCUT2D eigenvalue weighted by molar-refractivity contribution is 8.13. The fraction of sp³-hybridized carbons (Fsp3) is 0.111. The van der Waals surface area contributed by atoms with E-state index in [1.54, 1.807) is 6.07 Å². The lowest BCUT2D eigenvalue weighted by atomic mass is 10.2. The number of halogens is 1. The molecular weight excluding hydrogens is 240 g/mol. The van der Waals surface area contributed by atoms with Crippen LogP contribution in [-0.4, -0.2) is 15.5 Å². The van der Waals surface area contributed by atoms with Gasteiger partial charge in [0.15, 0.2) is 11.3 Å². The lowest BCUT2D eigenvalue weighted by Crippen LogP contribution is -1.92. The molecule has 0 saturated heterocycles. The van der Waals surface area contributed by atoms with Crippen LogP contribution in [0, 0.1) is 0 Å². The highest BCUT2D eigenvalue weighted by Gasteiger charge is 2.15. The molecule has 0 bridgehead atoms. The molecule has 0 atom stereocenters. The van der Waals surface area contributed by atoms with Crippen molar-refractivity contribution >= 4 is 30.7 Å². The fourth-order valence-corrected chi connectivity index (χ4v) is 2.10. The van der Waals surface area contributed by atoms with E-state index in [1.165, 1.54) is 25.5 Å². The van der Waals surface area contributed by atoms with Gasteiger partial charge in [0.25, 0.3) is 9.05 Å². The molecule has 15 heavy (non-hydrogen) atoms. The molecule has 0 unspecified atom stereocenters. The van der Waals surface area contributed by atoms with Crippen LogP contribution in [0.2, 0.25) is 0 Å². The highest BCUT2D eigenvalue weighted by atomic mass is 35.7. The van der Waals surface area contributed by atoms with Crippen molar-refractivity contribution in [3.63, 3.8) is 0 Å². The Morgan fingerprint density at radius 1 is 1.40 bits per heavy atom. The molecule has 2 rings (SSSR count). The summed E-state index contributed by atoms with van der Waals surface area (Å²) in [6, 6.07) is 4.40. The van der Waals surface area contributed by atoms with Crippen molar-refractivity contribution in [2.75, 3.05) is 7.11 Å². The van der Waals surface area contributed by atoms with Gasteiger partial charge in [-0.05, 0) is 12.1 Å². The molecular formula is C9H7ClO4S. The largest absolute Gasteiger partial charge is 0.493 e. The predicted molar refractivity (Wildman–Crippen MR) is 55.8 cm³/mol. The second-order valence-corrected chi connectivity index (χ2v) is 5.47. The molecule has 0 radical (unpaired) electrons. The van der Waals surface area contributed by atoms with Crippen molar-refractivity contribution in [2.24, 2.45) is 0 Å². The van der Waals surface area contributed by atoms with Crippen molar-refractivity contribution in [1.29, 1.82) is 0 Å². The van der Waals surface area contributed by atoms with Gasteiger partial charge in [-0.15, -0.1) is 0 Å². The SMILES string of the molecule is COc1cc(S(=O)(=O)Cl)cc2ccoc12. The quantitative estimate of drug-likeness (QED) is 0.764. The number of methoxy groups -OCH3 is 1. The first kappa shape index (κ1) is 10.3. The van der Waals surface area contributed by atoms with E-state index in [-0.39, 0.29) is 4.90 Å². The standard InChI is InChI=1S/C9H7ClO4S/c1-13-8-5-7(15(10,11)12)4-6-2-3-14-9(6)8/h2-5H,1H3. The fourth-order valence-electron chi connectivity index (χ4n) is 1.32. The van der Waals surface area contributed by atoms with Gasteiger partial charge in [0.2, 0.25) is 0 Å². The minimum Gasteiger partial charge on any atom is -0.493 e. The third-order valence-corrected chi connectivity index (χ3v) is 3.33. The Labute approximate surface area is 90.8 Å². The van der Waals surface area contributed by atoms with E-state index < -0.39 is 9.05 Å². The third-order valence-electron chi connectivity index (χ3n) is 1.99. The number of rotatable bonds is 2. The van der Waals surface area contributed by atoms with Gasteiger partial charge < -0.3 is 9.15 Å². The molecule has 0 aliphatic heterocycles. The van der Waals surface area contributed by atoms with Crippen LogP contribution in [0.1, 0.15) is 0 Å². The van der Waals surface area contributed by atoms with Crippen molar-refractivity contribution in [2.45, 2.75) is 4.90 Å². The Kier molecular flexibility index (Phi) is 2.36. The monoisotopic (exact) mass is 246 g/mol. The Bertz CT molecular complexity index is 600. The Morgan fingerprint density at radius 3 is 2.73 bits per heavy atom. The van der Waals surface area contributed by atoms with Crippen molar-refractivity contribution < 1.29 is 17.6 Å². The molecule has 1 heterocycles. The first-order chi connectivity index (χ1) is 7.02. The zero-order chi connectivity index (χ0) is 11.1. The molecule has 1 aromatic carbocycles. The summed E-state index contributed by atoms with van der Waals surface area (Å²) in [6.07, 6.45) is 1.46. The first-order valence-corrected chi connectivity index (χ1v) is 6.33. The highest BCUT2D eigenvalue weighted by Crippen LogP contribution is 2.31. The van der Waals surface area contributed by atoms with Crippen LogP contribution in [0.4, 0.5) is 0 Å². The van der Waals surface area contributed by atoms with E-state index in [9.17, 15) is 8.42 Å². The second-order valence-electron chi connectivity index (χ2n) is 2.90. The van der Waals surface area contributed by atoms with E-state index in [0.29, 0.717) is 16.7 Å². The summed E-state index contributed by atoms with van der Waals surface area (Å²) in [5.41, 5.74) is 0.501. The summed E-state index contributed by atoms with van der Waals surface area (Å²) < 4.78 is 32.4. The normalized spacial score (nSPS) is 11.9. The van der Waals surface area contributed by atoms with Gasteiger partial charge in [-0.25, -0.2) is 8.42 Å². The van der Waals surface area contributed by atoms with Gasteiger partial charge in [-0.1, -0.05) is 0 Å². The smallest absolute Gasteiger partial charge is 0.261 e. The zero-order valence-electron chi connectivity index (χ0n) is 7.73. The van der Waals surface area contributed by atoms with E-state index >= 15 is 0 Å². The maximum atomic E-state index is 11.1. The zero-order valence-corrected chi connectivity index (χ0v) is 9.30. The molecule has 0 amide bonds. The van der Waals surface area contributed by atoms with Gasteiger partial charge in [-0.2, -0.15) is 0 Å². The Balaban J connectivity index is 2.80. The minimum atomic E-state index is -3.75. The van der Waals surface area contributed by atoms with Crippen LogP contribution in [0.25, 0.3) is 11.0 Å². The molecule has 0 fully saturated rings. The number of hydrogen-bond acceptors (Lipinski definition) is 4. The summed E-state index contributed by atoms with van der Waals surface area (Å²) in [4.78, 5) is -0.00471. The summed E-state index contributed by atoms with van der Waals surface area (Å²) >= 11 is 0. The van der Waals surface area contributed by atoms with E-state index in [4.69, 9.17) is 19.8 Å². The van der Waals surface area contributed by atoms with Crippen LogP contribution in [0.3, 0.4) is 0 Å². The summed E-state index contributed by atoms with van der Waals surface area (Å²) in [5, 5.41) is 0.633. The topological polar surface area (TPSA) is 56.5 Å². The van der Waals surface area contributed by atoms with Gasteiger partial charge in [0.05, 0.1) is 18.3 Å². The molecule has 6 heteroatoms. The van der Waals surface area contributed by atoms with E-state index in [1.807, 2.05) is 0 Å². The third kappa shape index (κ3) is 1.80. The van der Waals surface area contributed by atoms with Crippen molar-refractivity contribution in [3.05, 3.63) is 24.5 Å². The van der Waals surface area contributed by atoms with Gasteiger partial charge >= 0.3 is 0 Å². The molecule has 0 saturated carbocycles. The Hall–Kier alpha value is -1.20. The maximum Gasteiger partial charge on any atom is 0.261 e. The predicted octanol–water partition coefficient (Wildman–Crippen LogP) is 2.37. The first-order valence-electron chi connectivity index (χ1n) is 4.02. The summed E-state index contributed by atoms with van der Waals surface area (Å²) in [5.74, 6) is 0.344. The van der Waals surface area contributed by atoms with E-state index in [2.05, 4.69) is 0 Å². The number of ether oxygens (including phenoxy) is 1. The number of furan rings is 1. The summed E-state index contributed by atoms with van der Waals surface area (Å²) in [7, 11) is 2.92. The summed E-state index contributed by atoms with van der Waals surface area (Å²) in [6.45, 7) is 0. The second kappa shape index (κ2) is 3.43. The Morgan fingerprint density at radius 2 is 2.13 bits per heavy atom. The molecule has 2 aromatic rings. The number of hydrogen-bond donors (Lipinski definition) is 0. The van der Waals surface area contributed by atoms with Crippen LogP contribution in [-0.2, 0) is 9.05 Å². The molecule has 0 aliphatic rings. The minimum absolute atomic E-state index is 0.00471. The van der Waals surface area contributed by atoms with Crippen molar-refractivity contribution in [1.82, 2.24) is 0 Å². The molecule has 0 aliphatic carbocycles. The molecule has 4 nitrogen and oxygen atoms in total. The van der Waals surface area contributed by atoms with Gasteiger partial charge in [-0.3, -0.25) is 0 Å². The molecule has 1 aromatic heterocycles. The average molecular weight is 247 g/mol. The molecule has 0 spiro atoms. The molecule has 80 valence electrons. The maximum absolute atomic E-state index is 11.1. The lowest BCUT2D eigenvalue weighted by Gasteiger charge is -2.02. The van der Waals surface area contributed by atoms with Crippen molar-refractivity contribution in [3.8, 4) is 5.75 Å². The van der Waals surface area contributed by atoms with Gasteiger partial charge in [0.1, 0.15) is 0 Å². The van der Waals surface area contributed by atoms with Crippen LogP contribution < -0.4 is 4.74 Å². The number of fused-ring (bicyclic) bond motifs is 1. The lowest BCUT2D eigenvalue weighted by molar-refractivity contribution is 0.409. The average Bonchev–Trinajstić information content (AvgIpc) is 2.62. The van der Waals surface area contributed by atoms with Gasteiger partial charge in [0, 0.05) is 22.1 Å². The van der Waals surface area contributed by atoms with E-state index in [0.717, 1.165) is 0 Å². The number of benzene rings is 1. The van der Waals surface area contributed by atoms with Crippen LogP contribution >= 0.6 is 10.7 Å².